The lowest BCUT2D eigenvalue weighted by atomic mass is 10.2. The first-order valence-corrected chi connectivity index (χ1v) is 5.32. The van der Waals surface area contributed by atoms with E-state index in [-0.39, 0.29) is 0 Å². The van der Waals surface area contributed by atoms with Crippen molar-refractivity contribution in [2.75, 3.05) is 26.2 Å². The molecule has 0 amide bonds. The summed E-state index contributed by atoms with van der Waals surface area (Å²) in [6.07, 6.45) is 3.63. The van der Waals surface area contributed by atoms with Gasteiger partial charge in [0.25, 0.3) is 0 Å². The molecular weight excluding hydrogens is 160 g/mol. The summed E-state index contributed by atoms with van der Waals surface area (Å²) < 4.78 is 0. The van der Waals surface area contributed by atoms with Gasteiger partial charge in [0.15, 0.2) is 0 Å². The number of nitrogens with zero attached hydrogens (tertiary/aromatic N) is 1. The Morgan fingerprint density at radius 1 is 1.54 bits per heavy atom. The van der Waals surface area contributed by atoms with Crippen molar-refractivity contribution >= 4 is 0 Å². The molecule has 0 bridgehead atoms. The molecule has 0 aliphatic carbocycles. The number of rotatable bonds is 4. The van der Waals surface area contributed by atoms with E-state index in [1.54, 1.807) is 0 Å². The van der Waals surface area contributed by atoms with Crippen LogP contribution in [0.15, 0.2) is 11.6 Å². The summed E-state index contributed by atoms with van der Waals surface area (Å²) in [5, 5.41) is 3.41. The molecule has 1 atom stereocenters. The van der Waals surface area contributed by atoms with Crippen molar-refractivity contribution in [1.82, 2.24) is 10.2 Å². The van der Waals surface area contributed by atoms with Crippen LogP contribution in [0.5, 0.6) is 0 Å². The van der Waals surface area contributed by atoms with E-state index in [9.17, 15) is 0 Å². The van der Waals surface area contributed by atoms with Crippen molar-refractivity contribution in [3.05, 3.63) is 11.6 Å². The second kappa shape index (κ2) is 5.40. The van der Waals surface area contributed by atoms with Crippen LogP contribution in [-0.4, -0.2) is 37.1 Å². The van der Waals surface area contributed by atoms with E-state index in [2.05, 4.69) is 37.1 Å². The Bertz CT molecular complexity index is 165. The summed E-state index contributed by atoms with van der Waals surface area (Å²) in [5.41, 5.74) is 1.42. The van der Waals surface area contributed by atoms with Gasteiger partial charge in [-0.15, -0.1) is 0 Å². The van der Waals surface area contributed by atoms with E-state index >= 15 is 0 Å². The first kappa shape index (κ1) is 10.7. The molecule has 1 aliphatic rings. The lowest BCUT2D eigenvalue weighted by Crippen LogP contribution is -2.36. The van der Waals surface area contributed by atoms with Crippen LogP contribution < -0.4 is 5.32 Å². The van der Waals surface area contributed by atoms with Gasteiger partial charge in [0.2, 0.25) is 0 Å². The van der Waals surface area contributed by atoms with Crippen LogP contribution in [0.1, 0.15) is 27.2 Å². The van der Waals surface area contributed by atoms with Crippen molar-refractivity contribution in [3.63, 3.8) is 0 Å². The van der Waals surface area contributed by atoms with Gasteiger partial charge >= 0.3 is 0 Å². The summed E-state index contributed by atoms with van der Waals surface area (Å²) in [7, 11) is 0. The Kier molecular flexibility index (Phi) is 4.46. The molecule has 1 N–H and O–H groups in total. The molecule has 0 aromatic heterocycles. The van der Waals surface area contributed by atoms with Gasteiger partial charge in [-0.25, -0.2) is 0 Å². The predicted molar refractivity (Wildman–Crippen MR) is 58.0 cm³/mol. The van der Waals surface area contributed by atoms with Gasteiger partial charge in [0.1, 0.15) is 0 Å². The summed E-state index contributed by atoms with van der Waals surface area (Å²) in [4.78, 5) is 2.55. The Hall–Kier alpha value is -0.340. The summed E-state index contributed by atoms with van der Waals surface area (Å²) in [5.74, 6) is 0. The molecule has 0 radical (unpaired) electrons. The maximum absolute atomic E-state index is 3.41. The molecule has 1 heterocycles. The van der Waals surface area contributed by atoms with Crippen molar-refractivity contribution < 1.29 is 0 Å². The molecule has 2 heteroatoms. The number of likely N-dealkylation sites (N-methyl/N-ethyl adjacent to an activating group) is 1. The fourth-order valence-electron chi connectivity index (χ4n) is 1.79. The van der Waals surface area contributed by atoms with Crippen molar-refractivity contribution in [2.24, 2.45) is 0 Å². The van der Waals surface area contributed by atoms with E-state index in [1.807, 2.05) is 0 Å². The minimum absolute atomic E-state index is 0.764. The quantitative estimate of drug-likeness (QED) is 0.665. The van der Waals surface area contributed by atoms with Gasteiger partial charge in [0, 0.05) is 19.1 Å². The molecule has 1 aliphatic heterocycles. The molecule has 13 heavy (non-hydrogen) atoms. The molecule has 1 unspecified atom stereocenters. The highest BCUT2D eigenvalue weighted by atomic mass is 15.2. The third-order valence-electron chi connectivity index (χ3n) is 2.69. The first-order chi connectivity index (χ1) is 6.24. The van der Waals surface area contributed by atoms with E-state index in [4.69, 9.17) is 0 Å². The molecule has 1 fully saturated rings. The summed E-state index contributed by atoms with van der Waals surface area (Å²) in [6.45, 7) is 11.2. The van der Waals surface area contributed by atoms with Gasteiger partial charge < -0.3 is 5.32 Å². The number of hydrogen-bond donors (Lipinski definition) is 1. The van der Waals surface area contributed by atoms with Crippen LogP contribution in [0.25, 0.3) is 0 Å². The first-order valence-electron chi connectivity index (χ1n) is 5.32. The maximum atomic E-state index is 3.41. The van der Waals surface area contributed by atoms with Crippen molar-refractivity contribution in [2.45, 2.75) is 33.2 Å². The van der Waals surface area contributed by atoms with Crippen LogP contribution >= 0.6 is 0 Å². The average molecular weight is 182 g/mol. The minimum Gasteiger partial charge on any atom is -0.315 e. The standard InChI is InChI=1S/C11H22N2/c1-4-13(8-6-10(2)3)11-5-7-12-9-11/h6,11-12H,4-5,7-9H2,1-3H3. The lowest BCUT2D eigenvalue weighted by Gasteiger charge is -2.25. The van der Waals surface area contributed by atoms with E-state index in [1.165, 1.54) is 25.1 Å². The predicted octanol–water partition coefficient (Wildman–Crippen LogP) is 1.64. The smallest absolute Gasteiger partial charge is 0.0235 e. The van der Waals surface area contributed by atoms with E-state index in [0.717, 1.165) is 19.1 Å². The van der Waals surface area contributed by atoms with Gasteiger partial charge in [0.05, 0.1) is 0 Å². The maximum Gasteiger partial charge on any atom is 0.0235 e. The Morgan fingerprint density at radius 3 is 2.77 bits per heavy atom. The van der Waals surface area contributed by atoms with Gasteiger partial charge in [-0.05, 0) is 33.4 Å². The molecule has 0 aromatic carbocycles. The Balaban J connectivity index is 2.37. The second-order valence-corrected chi connectivity index (χ2v) is 4.02. The normalized spacial score (nSPS) is 22.3. The largest absolute Gasteiger partial charge is 0.315 e. The monoisotopic (exact) mass is 182 g/mol. The molecule has 76 valence electrons. The summed E-state index contributed by atoms with van der Waals surface area (Å²) in [6, 6.07) is 0.764. The molecule has 0 spiro atoms. The van der Waals surface area contributed by atoms with E-state index in [0.29, 0.717) is 0 Å². The van der Waals surface area contributed by atoms with E-state index < -0.39 is 0 Å². The topological polar surface area (TPSA) is 15.3 Å². The van der Waals surface area contributed by atoms with Gasteiger partial charge in [-0.1, -0.05) is 18.6 Å². The highest BCUT2D eigenvalue weighted by Crippen LogP contribution is 2.08. The highest BCUT2D eigenvalue weighted by Gasteiger charge is 2.19. The molecule has 1 saturated heterocycles. The third kappa shape index (κ3) is 3.49. The van der Waals surface area contributed by atoms with Crippen molar-refractivity contribution in [3.8, 4) is 0 Å². The number of nitrogens with one attached hydrogen (secondary N) is 1. The number of allylic oxidation sites excluding steroid dienone is 1. The molecule has 0 saturated carbocycles. The Labute approximate surface area is 82.0 Å². The Morgan fingerprint density at radius 2 is 2.31 bits per heavy atom. The van der Waals surface area contributed by atoms with Gasteiger partial charge in [-0.2, -0.15) is 0 Å². The summed E-state index contributed by atoms with van der Waals surface area (Å²) >= 11 is 0. The zero-order valence-electron chi connectivity index (χ0n) is 9.14. The fraction of sp³-hybridized carbons (Fsp3) is 0.818. The van der Waals surface area contributed by atoms with Crippen molar-refractivity contribution in [1.29, 1.82) is 0 Å². The van der Waals surface area contributed by atoms with Crippen LogP contribution in [0.3, 0.4) is 0 Å². The highest BCUT2D eigenvalue weighted by molar-refractivity contribution is 4.96. The minimum atomic E-state index is 0.764. The molecule has 0 aromatic rings. The molecule has 1 rings (SSSR count). The average Bonchev–Trinajstić information content (AvgIpc) is 2.58. The van der Waals surface area contributed by atoms with Crippen LogP contribution in [-0.2, 0) is 0 Å². The van der Waals surface area contributed by atoms with Crippen LogP contribution in [0.4, 0.5) is 0 Å². The zero-order chi connectivity index (χ0) is 9.68. The zero-order valence-corrected chi connectivity index (χ0v) is 9.14. The second-order valence-electron chi connectivity index (χ2n) is 4.02. The SMILES string of the molecule is CCN(CC=C(C)C)C1CCNC1. The number of hydrogen-bond acceptors (Lipinski definition) is 2. The van der Waals surface area contributed by atoms with Gasteiger partial charge in [-0.3, -0.25) is 4.90 Å². The van der Waals surface area contributed by atoms with Crippen LogP contribution in [0, 0.1) is 0 Å². The molecule has 2 nitrogen and oxygen atoms in total. The molecular formula is C11H22N2. The third-order valence-corrected chi connectivity index (χ3v) is 2.69. The van der Waals surface area contributed by atoms with Crippen LogP contribution in [0.2, 0.25) is 0 Å². The fourth-order valence-corrected chi connectivity index (χ4v) is 1.79. The lowest BCUT2D eigenvalue weighted by molar-refractivity contribution is 0.242.